The highest BCUT2D eigenvalue weighted by molar-refractivity contribution is 7.99. The maximum absolute atomic E-state index is 11.9. The molecule has 0 aliphatic rings. The van der Waals surface area contributed by atoms with E-state index in [0.717, 1.165) is 12.0 Å². The normalized spacial score (nSPS) is 11.2. The smallest absolute Gasteiger partial charge is 0.234 e. The van der Waals surface area contributed by atoms with Gasteiger partial charge in [-0.3, -0.25) is 4.79 Å². The molecule has 0 aliphatic carbocycles. The number of benzene rings is 2. The molecule has 2 aromatic carbocycles. The van der Waals surface area contributed by atoms with Crippen molar-refractivity contribution in [2.45, 2.75) is 17.6 Å². The molecule has 0 fully saturated rings. The molecule has 0 aliphatic heterocycles. The van der Waals surface area contributed by atoms with E-state index in [1.54, 1.807) is 12.1 Å². The van der Waals surface area contributed by atoms with Gasteiger partial charge in [0.15, 0.2) is 9.84 Å². The molecular weight excluding hydrogens is 330 g/mol. The fourth-order valence-electron chi connectivity index (χ4n) is 2.07. The van der Waals surface area contributed by atoms with Crippen molar-refractivity contribution in [2.24, 2.45) is 0 Å². The fourth-order valence-corrected chi connectivity index (χ4v) is 3.51. The summed E-state index contributed by atoms with van der Waals surface area (Å²) in [6.07, 6.45) is 1.14. The number of aryl methyl sites for hydroxylation is 1. The minimum absolute atomic E-state index is 0.145. The molecule has 1 N–H and O–H groups in total. The lowest BCUT2D eigenvalue weighted by Crippen LogP contribution is -2.14. The number of amides is 1. The topological polar surface area (TPSA) is 63.2 Å². The molecule has 2 aromatic rings. The van der Waals surface area contributed by atoms with Gasteiger partial charge >= 0.3 is 0 Å². The molecule has 0 radical (unpaired) electrons. The minimum atomic E-state index is -3.27. The molecule has 0 atom stereocenters. The summed E-state index contributed by atoms with van der Waals surface area (Å²) in [7, 11) is -3.27. The number of carbonyl (C=O) groups is 1. The van der Waals surface area contributed by atoms with Crippen molar-refractivity contribution in [2.75, 3.05) is 17.3 Å². The van der Waals surface area contributed by atoms with Crippen molar-refractivity contribution in [1.29, 1.82) is 0 Å². The number of anilines is 1. The van der Waals surface area contributed by atoms with Crippen LogP contribution in [0.15, 0.2) is 53.4 Å². The van der Waals surface area contributed by atoms with Crippen LogP contribution in [0.25, 0.3) is 0 Å². The van der Waals surface area contributed by atoms with E-state index < -0.39 is 9.84 Å². The minimum Gasteiger partial charge on any atom is -0.325 e. The van der Waals surface area contributed by atoms with Crippen molar-refractivity contribution in [3.05, 3.63) is 59.7 Å². The molecule has 0 unspecified atom stereocenters. The molecule has 23 heavy (non-hydrogen) atoms. The lowest BCUT2D eigenvalue weighted by atomic mass is 10.2. The molecular formula is C17H19NO3S2. The Balaban J connectivity index is 1.88. The van der Waals surface area contributed by atoms with Gasteiger partial charge in [0.2, 0.25) is 5.91 Å². The van der Waals surface area contributed by atoms with Crippen LogP contribution < -0.4 is 5.32 Å². The van der Waals surface area contributed by atoms with E-state index in [4.69, 9.17) is 0 Å². The van der Waals surface area contributed by atoms with Gasteiger partial charge in [-0.2, -0.15) is 0 Å². The van der Waals surface area contributed by atoms with Crippen LogP contribution >= 0.6 is 11.8 Å². The highest BCUT2D eigenvalue weighted by Crippen LogP contribution is 2.17. The quantitative estimate of drug-likeness (QED) is 0.869. The molecule has 4 nitrogen and oxygen atoms in total. The molecule has 0 bridgehead atoms. The van der Waals surface area contributed by atoms with E-state index in [1.165, 1.54) is 35.0 Å². The molecule has 0 saturated carbocycles. The number of sulfone groups is 1. The number of thioether (sulfide) groups is 1. The Morgan fingerprint density at radius 3 is 2.57 bits per heavy atom. The first-order valence-corrected chi connectivity index (χ1v) is 10.1. The van der Waals surface area contributed by atoms with Gasteiger partial charge in [-0.15, -0.1) is 11.8 Å². The number of rotatable bonds is 6. The first-order valence-electron chi connectivity index (χ1n) is 7.08. The molecule has 0 aromatic heterocycles. The number of hydrogen-bond acceptors (Lipinski definition) is 4. The Hall–Kier alpha value is -1.79. The van der Waals surface area contributed by atoms with Crippen LogP contribution in [0.1, 0.15) is 11.1 Å². The van der Waals surface area contributed by atoms with Crippen molar-refractivity contribution < 1.29 is 13.2 Å². The summed E-state index contributed by atoms with van der Waals surface area (Å²) in [5.74, 6) is 0.934. The van der Waals surface area contributed by atoms with Crippen molar-refractivity contribution >= 4 is 33.2 Å². The van der Waals surface area contributed by atoms with Crippen LogP contribution in [0.4, 0.5) is 5.69 Å². The van der Waals surface area contributed by atoms with Gasteiger partial charge < -0.3 is 5.32 Å². The summed E-state index contributed by atoms with van der Waals surface area (Å²) in [6.45, 7) is 2.04. The van der Waals surface area contributed by atoms with E-state index in [2.05, 4.69) is 11.4 Å². The van der Waals surface area contributed by atoms with Crippen LogP contribution in [0, 0.1) is 6.92 Å². The van der Waals surface area contributed by atoms with E-state index in [9.17, 15) is 13.2 Å². The zero-order valence-electron chi connectivity index (χ0n) is 13.1. The third-order valence-electron chi connectivity index (χ3n) is 3.13. The van der Waals surface area contributed by atoms with Crippen LogP contribution in [0.3, 0.4) is 0 Å². The summed E-state index contributed by atoms with van der Waals surface area (Å²) in [4.78, 5) is 12.1. The van der Waals surface area contributed by atoms with E-state index in [0.29, 0.717) is 11.4 Å². The van der Waals surface area contributed by atoms with Gasteiger partial charge in [0, 0.05) is 17.7 Å². The lowest BCUT2D eigenvalue weighted by molar-refractivity contribution is -0.113. The summed E-state index contributed by atoms with van der Waals surface area (Å²) >= 11 is 1.52. The molecule has 2 rings (SSSR count). The Labute approximate surface area is 141 Å². The Kier molecular flexibility index (Phi) is 5.85. The van der Waals surface area contributed by atoms with Gasteiger partial charge in [-0.25, -0.2) is 8.42 Å². The summed E-state index contributed by atoms with van der Waals surface area (Å²) in [6, 6.07) is 14.4. The second-order valence-electron chi connectivity index (χ2n) is 5.33. The summed E-state index contributed by atoms with van der Waals surface area (Å²) in [5, 5.41) is 2.73. The SMILES string of the molecule is Cc1cccc(CSCC(=O)Nc2cccc(S(C)(=O)=O)c2)c1. The fraction of sp³-hybridized carbons (Fsp3) is 0.235. The summed E-state index contributed by atoms with van der Waals surface area (Å²) in [5.41, 5.74) is 2.88. The lowest BCUT2D eigenvalue weighted by Gasteiger charge is -2.07. The monoisotopic (exact) mass is 349 g/mol. The van der Waals surface area contributed by atoms with Crippen molar-refractivity contribution in [3.63, 3.8) is 0 Å². The zero-order chi connectivity index (χ0) is 16.9. The highest BCUT2D eigenvalue weighted by atomic mass is 32.2. The molecule has 0 spiro atoms. The predicted molar refractivity (Wildman–Crippen MR) is 95.5 cm³/mol. The van der Waals surface area contributed by atoms with Gasteiger partial charge in [0.1, 0.15) is 0 Å². The Bertz CT molecular complexity index is 801. The molecule has 6 heteroatoms. The molecule has 122 valence electrons. The summed E-state index contributed by atoms with van der Waals surface area (Å²) < 4.78 is 23.0. The van der Waals surface area contributed by atoms with Gasteiger partial charge in [-0.1, -0.05) is 35.9 Å². The van der Waals surface area contributed by atoms with E-state index in [1.807, 2.05) is 25.1 Å². The zero-order valence-corrected chi connectivity index (χ0v) is 14.7. The predicted octanol–water partition coefficient (Wildman–Crippen LogP) is 3.27. The van der Waals surface area contributed by atoms with Gasteiger partial charge in [0.25, 0.3) is 0 Å². The number of hydrogen-bond donors (Lipinski definition) is 1. The first-order chi connectivity index (χ1) is 10.8. The third-order valence-corrected chi connectivity index (χ3v) is 5.24. The van der Waals surface area contributed by atoms with Crippen molar-refractivity contribution in [3.8, 4) is 0 Å². The maximum atomic E-state index is 11.9. The number of nitrogens with one attached hydrogen (secondary N) is 1. The van der Waals surface area contributed by atoms with Crippen LogP contribution in [-0.4, -0.2) is 26.3 Å². The molecule has 0 heterocycles. The third kappa shape index (κ3) is 5.73. The van der Waals surface area contributed by atoms with Gasteiger partial charge in [0.05, 0.1) is 10.6 Å². The molecule has 0 saturated heterocycles. The average Bonchev–Trinajstić information content (AvgIpc) is 2.46. The van der Waals surface area contributed by atoms with Crippen LogP contribution in [0.2, 0.25) is 0 Å². The first kappa shape index (κ1) is 17.6. The Morgan fingerprint density at radius 1 is 1.13 bits per heavy atom. The highest BCUT2D eigenvalue weighted by Gasteiger charge is 2.09. The standard InChI is InChI=1S/C17H19NO3S2/c1-13-5-3-6-14(9-13)11-22-12-17(19)18-15-7-4-8-16(10-15)23(2,20)21/h3-10H,11-12H2,1-2H3,(H,18,19). The van der Waals surface area contributed by atoms with Crippen LogP contribution in [0.5, 0.6) is 0 Å². The average molecular weight is 349 g/mol. The van der Waals surface area contributed by atoms with Crippen LogP contribution in [-0.2, 0) is 20.4 Å². The number of carbonyl (C=O) groups excluding carboxylic acids is 1. The second-order valence-corrected chi connectivity index (χ2v) is 8.33. The van der Waals surface area contributed by atoms with Gasteiger partial charge in [-0.05, 0) is 30.7 Å². The Morgan fingerprint density at radius 2 is 1.87 bits per heavy atom. The molecule has 1 amide bonds. The second kappa shape index (κ2) is 7.66. The van der Waals surface area contributed by atoms with E-state index in [-0.39, 0.29) is 10.8 Å². The maximum Gasteiger partial charge on any atom is 0.234 e. The largest absolute Gasteiger partial charge is 0.325 e. The van der Waals surface area contributed by atoms with Crippen molar-refractivity contribution in [1.82, 2.24) is 0 Å². The van der Waals surface area contributed by atoms with E-state index >= 15 is 0 Å².